The Morgan fingerprint density at radius 3 is 2.24 bits per heavy atom. The fraction of sp³-hybridized carbons (Fsp3) is 0.750. The molecule has 0 aromatic heterocycles. The zero-order valence-electron chi connectivity index (χ0n) is 16.9. The molecule has 9 heteroatoms. The van der Waals surface area contributed by atoms with Gasteiger partial charge in [0.2, 0.25) is 0 Å². The van der Waals surface area contributed by atoms with Crippen LogP contribution in [0.2, 0.25) is 0 Å². The van der Waals surface area contributed by atoms with Crippen LogP contribution in [0.5, 0.6) is 0 Å². The standard InChI is InChI=1S/C20H32O9/c1-4-19(5-2,6-3)29-18(26)12-9-11(22)7-8-20(12,27)17-16(25)15(24)14(23)13(10-21)28-17/h7-9,12-17,21-25,27H,4-6,10H2,1-3H3/t12?,13-,14-,15+,16-,17-,20?/m1/s1. The van der Waals surface area contributed by atoms with Gasteiger partial charge in [-0.25, -0.2) is 0 Å². The molecule has 0 radical (unpaired) electrons. The summed E-state index contributed by atoms with van der Waals surface area (Å²) in [5.41, 5.74) is -2.95. The molecule has 1 fully saturated rings. The predicted octanol–water partition coefficient (Wildman–Crippen LogP) is -0.300. The highest BCUT2D eigenvalue weighted by Crippen LogP contribution is 2.39. The van der Waals surface area contributed by atoms with E-state index in [0.717, 1.165) is 18.2 Å². The van der Waals surface area contributed by atoms with Crippen LogP contribution in [0, 0.1) is 5.92 Å². The van der Waals surface area contributed by atoms with Gasteiger partial charge in [0.1, 0.15) is 53.4 Å². The number of carbonyl (C=O) groups is 1. The van der Waals surface area contributed by atoms with Gasteiger partial charge in [0.25, 0.3) is 0 Å². The second kappa shape index (κ2) is 9.11. The second-order valence-electron chi connectivity index (χ2n) is 7.70. The van der Waals surface area contributed by atoms with E-state index < -0.39 is 60.2 Å². The molecule has 2 unspecified atom stereocenters. The Hall–Kier alpha value is -1.49. The third-order valence-corrected chi connectivity index (χ3v) is 6.21. The summed E-state index contributed by atoms with van der Waals surface area (Å²) in [7, 11) is 0. The number of hydrogen-bond acceptors (Lipinski definition) is 9. The van der Waals surface area contributed by atoms with E-state index in [-0.39, 0.29) is 5.76 Å². The van der Waals surface area contributed by atoms with E-state index in [1.165, 1.54) is 0 Å². The molecule has 2 rings (SSSR count). The molecule has 1 aliphatic heterocycles. The first-order chi connectivity index (χ1) is 13.6. The second-order valence-corrected chi connectivity index (χ2v) is 7.70. The summed E-state index contributed by atoms with van der Waals surface area (Å²) in [6.45, 7) is 4.94. The van der Waals surface area contributed by atoms with E-state index >= 15 is 0 Å². The molecule has 0 saturated carbocycles. The van der Waals surface area contributed by atoms with Gasteiger partial charge in [0, 0.05) is 0 Å². The van der Waals surface area contributed by atoms with Crippen LogP contribution in [0.15, 0.2) is 24.0 Å². The minimum Gasteiger partial charge on any atom is -0.508 e. The van der Waals surface area contributed by atoms with Crippen LogP contribution in [0.25, 0.3) is 0 Å². The van der Waals surface area contributed by atoms with Gasteiger partial charge in [-0.2, -0.15) is 0 Å². The Kier molecular flexibility index (Phi) is 7.47. The molecule has 1 heterocycles. The molecule has 7 atom stereocenters. The van der Waals surface area contributed by atoms with Crippen LogP contribution in [0.3, 0.4) is 0 Å². The molecule has 6 N–H and O–H groups in total. The Morgan fingerprint density at radius 2 is 1.72 bits per heavy atom. The van der Waals surface area contributed by atoms with Crippen LogP contribution in [-0.2, 0) is 14.3 Å². The van der Waals surface area contributed by atoms with E-state index in [1.807, 2.05) is 20.8 Å². The lowest BCUT2D eigenvalue weighted by Crippen LogP contribution is -2.67. The van der Waals surface area contributed by atoms with Gasteiger partial charge < -0.3 is 40.1 Å². The lowest BCUT2D eigenvalue weighted by atomic mass is 9.74. The molecule has 0 spiro atoms. The van der Waals surface area contributed by atoms with Gasteiger partial charge in [-0.3, -0.25) is 4.79 Å². The Labute approximate surface area is 169 Å². The van der Waals surface area contributed by atoms with Crippen molar-refractivity contribution in [1.29, 1.82) is 0 Å². The van der Waals surface area contributed by atoms with Crippen molar-refractivity contribution in [3.05, 3.63) is 24.0 Å². The van der Waals surface area contributed by atoms with Crippen molar-refractivity contribution >= 4 is 5.97 Å². The fourth-order valence-corrected chi connectivity index (χ4v) is 3.94. The average Bonchev–Trinajstić information content (AvgIpc) is 2.72. The molecule has 29 heavy (non-hydrogen) atoms. The van der Waals surface area contributed by atoms with Crippen molar-refractivity contribution in [3.63, 3.8) is 0 Å². The van der Waals surface area contributed by atoms with Gasteiger partial charge in [-0.05, 0) is 37.5 Å². The maximum Gasteiger partial charge on any atom is 0.316 e. The molecule has 0 aromatic carbocycles. The largest absolute Gasteiger partial charge is 0.508 e. The van der Waals surface area contributed by atoms with Gasteiger partial charge in [-0.15, -0.1) is 0 Å². The molecule has 166 valence electrons. The highest BCUT2D eigenvalue weighted by atomic mass is 16.6. The van der Waals surface area contributed by atoms with Crippen LogP contribution in [0.4, 0.5) is 0 Å². The van der Waals surface area contributed by atoms with E-state index in [2.05, 4.69) is 0 Å². The number of rotatable bonds is 7. The minimum atomic E-state index is -2.20. The van der Waals surface area contributed by atoms with Crippen molar-refractivity contribution in [3.8, 4) is 0 Å². The summed E-state index contributed by atoms with van der Waals surface area (Å²) in [6.07, 6.45) is -2.97. The van der Waals surface area contributed by atoms with Gasteiger partial charge in [0.15, 0.2) is 0 Å². The summed E-state index contributed by atoms with van der Waals surface area (Å²) >= 11 is 0. The number of esters is 1. The first kappa shape index (κ1) is 23.8. The van der Waals surface area contributed by atoms with Crippen LogP contribution >= 0.6 is 0 Å². The van der Waals surface area contributed by atoms with Crippen molar-refractivity contribution in [2.75, 3.05) is 6.61 Å². The quantitative estimate of drug-likeness (QED) is 0.307. The molecular weight excluding hydrogens is 384 g/mol. The third kappa shape index (κ3) is 4.35. The summed E-state index contributed by atoms with van der Waals surface area (Å²) in [5, 5.41) is 61.2. The van der Waals surface area contributed by atoms with Gasteiger partial charge in [0.05, 0.1) is 6.61 Å². The number of hydrogen-bond donors (Lipinski definition) is 6. The lowest BCUT2D eigenvalue weighted by molar-refractivity contribution is -0.268. The first-order valence-electron chi connectivity index (χ1n) is 9.94. The van der Waals surface area contributed by atoms with Crippen molar-refractivity contribution < 1.29 is 44.9 Å². The van der Waals surface area contributed by atoms with Crippen LogP contribution in [0.1, 0.15) is 40.0 Å². The maximum absolute atomic E-state index is 13.0. The molecule has 0 bridgehead atoms. The maximum atomic E-state index is 13.0. The number of ether oxygens (including phenoxy) is 2. The summed E-state index contributed by atoms with van der Waals surface area (Å²) in [5.74, 6) is -2.56. The van der Waals surface area contributed by atoms with E-state index in [0.29, 0.717) is 19.3 Å². The molecular formula is C20H32O9. The van der Waals surface area contributed by atoms with Crippen molar-refractivity contribution in [2.45, 2.75) is 81.8 Å². The predicted molar refractivity (Wildman–Crippen MR) is 102 cm³/mol. The zero-order valence-corrected chi connectivity index (χ0v) is 16.9. The van der Waals surface area contributed by atoms with Gasteiger partial charge in [-0.1, -0.05) is 20.8 Å². The summed E-state index contributed by atoms with van der Waals surface area (Å²) in [6, 6.07) is 0. The summed E-state index contributed by atoms with van der Waals surface area (Å²) in [4.78, 5) is 13.0. The minimum absolute atomic E-state index is 0.281. The molecule has 1 aliphatic carbocycles. The van der Waals surface area contributed by atoms with Crippen molar-refractivity contribution in [1.82, 2.24) is 0 Å². The van der Waals surface area contributed by atoms with E-state index in [9.17, 15) is 35.4 Å². The average molecular weight is 416 g/mol. The van der Waals surface area contributed by atoms with Crippen LogP contribution < -0.4 is 0 Å². The third-order valence-electron chi connectivity index (χ3n) is 6.21. The Balaban J connectivity index is 2.40. The number of aliphatic hydroxyl groups is 6. The Morgan fingerprint density at radius 1 is 1.14 bits per heavy atom. The van der Waals surface area contributed by atoms with Crippen LogP contribution in [-0.4, -0.2) is 84.9 Å². The molecule has 2 aliphatic rings. The smallest absolute Gasteiger partial charge is 0.316 e. The van der Waals surface area contributed by atoms with Crippen molar-refractivity contribution in [2.24, 2.45) is 5.92 Å². The zero-order chi connectivity index (χ0) is 22.0. The highest BCUT2D eigenvalue weighted by Gasteiger charge is 2.57. The number of allylic oxidation sites excluding steroid dienone is 1. The normalized spacial score (nSPS) is 37.9. The monoisotopic (exact) mass is 416 g/mol. The summed E-state index contributed by atoms with van der Waals surface area (Å²) < 4.78 is 11.2. The molecule has 9 nitrogen and oxygen atoms in total. The fourth-order valence-electron chi connectivity index (χ4n) is 3.94. The van der Waals surface area contributed by atoms with E-state index in [1.54, 1.807) is 0 Å². The Bertz CT molecular complexity index is 632. The van der Waals surface area contributed by atoms with Gasteiger partial charge >= 0.3 is 5.97 Å². The molecule has 0 amide bonds. The lowest BCUT2D eigenvalue weighted by Gasteiger charge is -2.48. The molecule has 0 aromatic rings. The van der Waals surface area contributed by atoms with E-state index in [4.69, 9.17) is 9.47 Å². The molecule has 1 saturated heterocycles. The number of aliphatic hydroxyl groups excluding tert-OH is 5. The first-order valence-corrected chi connectivity index (χ1v) is 9.94. The highest BCUT2D eigenvalue weighted by molar-refractivity contribution is 5.78. The SMILES string of the molecule is CCC(CC)(CC)OC(=O)C1C=C(O)C=CC1(O)[C@@H]1O[C@H](CO)[C@@H](O)[C@H](O)[C@H]1O. The topological polar surface area (TPSA) is 157 Å². The number of carbonyl (C=O) groups excluding carboxylic acids is 1.